The number of aromatic hydroxyl groups is 1. The van der Waals surface area contributed by atoms with Crippen molar-refractivity contribution in [3.05, 3.63) is 67.6 Å². The second-order valence-electron chi connectivity index (χ2n) is 4.90. The smallest absolute Gasteiger partial charge is 0.301 e. The van der Waals surface area contributed by atoms with Gasteiger partial charge in [-0.2, -0.15) is 5.10 Å². The summed E-state index contributed by atoms with van der Waals surface area (Å²) in [6.07, 6.45) is 1.34. The van der Waals surface area contributed by atoms with Gasteiger partial charge in [-0.25, -0.2) is 0 Å². The highest BCUT2D eigenvalue weighted by molar-refractivity contribution is 7.21. The highest BCUT2D eigenvalue weighted by atomic mass is 32.1. The molecule has 0 unspecified atom stereocenters. The lowest BCUT2D eigenvalue weighted by Gasteiger charge is -2.01. The Hall–Kier alpha value is -3.53. The number of benzene rings is 2. The van der Waals surface area contributed by atoms with Crippen molar-refractivity contribution in [2.75, 3.05) is 5.43 Å². The standard InChI is InChI=1S/C15H10N4O5S/c20-15-10-3-1-2-4-13(10)25-14(15)8-16-17-11-6-5-9(18(21)22)7-12(11)19(23)24/h1-8,17,20H/b16-8-. The minimum atomic E-state index is -0.734. The Morgan fingerprint density at radius 2 is 1.88 bits per heavy atom. The fourth-order valence-corrected chi connectivity index (χ4v) is 3.15. The summed E-state index contributed by atoms with van der Waals surface area (Å²) in [6.45, 7) is 0. The lowest BCUT2D eigenvalue weighted by molar-refractivity contribution is -0.393. The summed E-state index contributed by atoms with van der Waals surface area (Å²) < 4.78 is 0.878. The molecule has 9 nitrogen and oxygen atoms in total. The Morgan fingerprint density at radius 1 is 1.12 bits per heavy atom. The highest BCUT2D eigenvalue weighted by Gasteiger charge is 2.19. The van der Waals surface area contributed by atoms with E-state index in [-0.39, 0.29) is 17.1 Å². The van der Waals surface area contributed by atoms with Crippen LogP contribution in [0.25, 0.3) is 10.1 Å². The van der Waals surface area contributed by atoms with Crippen LogP contribution in [0.4, 0.5) is 17.1 Å². The average Bonchev–Trinajstić information content (AvgIpc) is 2.91. The van der Waals surface area contributed by atoms with Gasteiger partial charge in [0.2, 0.25) is 0 Å². The molecular weight excluding hydrogens is 348 g/mol. The van der Waals surface area contributed by atoms with Crippen molar-refractivity contribution in [1.29, 1.82) is 0 Å². The monoisotopic (exact) mass is 358 g/mol. The summed E-state index contributed by atoms with van der Waals surface area (Å²) in [5.74, 6) is 0.0735. The summed E-state index contributed by atoms with van der Waals surface area (Å²) >= 11 is 1.31. The Bertz CT molecular complexity index is 1010. The third kappa shape index (κ3) is 3.23. The van der Waals surface area contributed by atoms with Gasteiger partial charge < -0.3 is 5.11 Å². The molecule has 0 aliphatic heterocycles. The molecule has 0 aliphatic carbocycles. The number of thiophene rings is 1. The third-order valence-corrected chi connectivity index (χ3v) is 4.45. The number of nitrogens with zero attached hydrogens (tertiary/aromatic N) is 3. The van der Waals surface area contributed by atoms with Crippen LogP contribution in [0, 0.1) is 20.2 Å². The summed E-state index contributed by atoms with van der Waals surface area (Å²) in [5.41, 5.74) is 1.64. The van der Waals surface area contributed by atoms with Crippen LogP contribution < -0.4 is 5.43 Å². The van der Waals surface area contributed by atoms with Gasteiger partial charge >= 0.3 is 5.69 Å². The van der Waals surface area contributed by atoms with Crippen LogP contribution in [-0.2, 0) is 0 Å². The van der Waals surface area contributed by atoms with Crippen molar-refractivity contribution in [2.45, 2.75) is 0 Å². The van der Waals surface area contributed by atoms with Crippen molar-refractivity contribution >= 4 is 44.7 Å². The van der Waals surface area contributed by atoms with Crippen LogP contribution in [-0.4, -0.2) is 21.2 Å². The first-order valence-electron chi connectivity index (χ1n) is 6.90. The molecule has 0 fully saturated rings. The lowest BCUT2D eigenvalue weighted by Crippen LogP contribution is -1.98. The quantitative estimate of drug-likeness (QED) is 0.404. The molecule has 0 spiro atoms. The summed E-state index contributed by atoms with van der Waals surface area (Å²) in [4.78, 5) is 20.8. The van der Waals surface area contributed by atoms with Gasteiger partial charge in [-0.05, 0) is 18.2 Å². The van der Waals surface area contributed by atoms with Gasteiger partial charge in [-0.3, -0.25) is 25.7 Å². The van der Waals surface area contributed by atoms with Crippen LogP contribution >= 0.6 is 11.3 Å². The SMILES string of the molecule is O=[N+]([O-])c1ccc(N/N=C\c2sc3ccccc3c2O)c([N+](=O)[O-])c1. The fraction of sp³-hybridized carbons (Fsp3) is 0. The number of rotatable bonds is 5. The first-order valence-corrected chi connectivity index (χ1v) is 7.71. The van der Waals surface area contributed by atoms with Crippen molar-refractivity contribution in [3.8, 4) is 5.75 Å². The van der Waals surface area contributed by atoms with Gasteiger partial charge in [0, 0.05) is 16.2 Å². The number of nitro groups is 2. The zero-order valence-electron chi connectivity index (χ0n) is 12.4. The normalized spacial score (nSPS) is 11.0. The van der Waals surface area contributed by atoms with E-state index in [0.29, 0.717) is 10.3 Å². The second kappa shape index (κ2) is 6.53. The highest BCUT2D eigenvalue weighted by Crippen LogP contribution is 2.35. The molecule has 25 heavy (non-hydrogen) atoms. The largest absolute Gasteiger partial charge is 0.506 e. The number of nitrogens with one attached hydrogen (secondary N) is 1. The maximum absolute atomic E-state index is 11.1. The molecule has 3 aromatic rings. The Balaban J connectivity index is 1.87. The van der Waals surface area contributed by atoms with Gasteiger partial charge in [0.15, 0.2) is 0 Å². The molecule has 3 rings (SSSR count). The molecule has 10 heteroatoms. The zero-order chi connectivity index (χ0) is 18.0. The molecular formula is C15H10N4O5S. The molecule has 0 saturated heterocycles. The van der Waals surface area contributed by atoms with Crippen LogP contribution in [0.5, 0.6) is 5.75 Å². The van der Waals surface area contributed by atoms with E-state index in [1.165, 1.54) is 23.6 Å². The second-order valence-corrected chi connectivity index (χ2v) is 5.98. The maximum atomic E-state index is 11.1. The van der Waals surface area contributed by atoms with Crippen LogP contribution in [0.3, 0.4) is 0 Å². The molecule has 0 atom stereocenters. The van der Waals surface area contributed by atoms with Gasteiger partial charge in [0.05, 0.1) is 27.0 Å². The van der Waals surface area contributed by atoms with Crippen molar-refractivity contribution in [2.24, 2.45) is 5.10 Å². The van der Waals surface area contributed by atoms with E-state index in [2.05, 4.69) is 10.5 Å². The molecule has 126 valence electrons. The molecule has 0 amide bonds. The fourth-order valence-electron chi connectivity index (χ4n) is 2.18. The molecule has 0 aliphatic rings. The van der Waals surface area contributed by atoms with E-state index in [0.717, 1.165) is 16.8 Å². The number of nitro benzene ring substituents is 2. The molecule has 0 radical (unpaired) electrons. The first-order chi connectivity index (χ1) is 12.0. The van der Waals surface area contributed by atoms with E-state index < -0.39 is 15.5 Å². The number of hydrogen-bond donors (Lipinski definition) is 2. The predicted octanol–water partition coefficient (Wildman–Crippen LogP) is 3.87. The summed E-state index contributed by atoms with van der Waals surface area (Å²) in [7, 11) is 0. The topological polar surface area (TPSA) is 131 Å². The molecule has 1 aromatic heterocycles. The molecule has 0 saturated carbocycles. The van der Waals surface area contributed by atoms with Crippen LogP contribution in [0.15, 0.2) is 47.6 Å². The van der Waals surface area contributed by atoms with Crippen LogP contribution in [0.1, 0.15) is 4.88 Å². The van der Waals surface area contributed by atoms with Crippen molar-refractivity contribution in [1.82, 2.24) is 0 Å². The lowest BCUT2D eigenvalue weighted by atomic mass is 10.2. The van der Waals surface area contributed by atoms with Crippen molar-refractivity contribution < 1.29 is 15.0 Å². The van der Waals surface area contributed by atoms with E-state index in [4.69, 9.17) is 0 Å². The first kappa shape index (κ1) is 16.3. The van der Waals surface area contributed by atoms with E-state index >= 15 is 0 Å². The van der Waals surface area contributed by atoms with Gasteiger partial charge in [0.1, 0.15) is 11.4 Å². The minimum Gasteiger partial charge on any atom is -0.506 e. The zero-order valence-corrected chi connectivity index (χ0v) is 13.3. The number of hydrazone groups is 1. The maximum Gasteiger partial charge on any atom is 0.301 e. The number of non-ortho nitro benzene ring substituents is 1. The van der Waals surface area contributed by atoms with Gasteiger partial charge in [-0.15, -0.1) is 11.3 Å². The van der Waals surface area contributed by atoms with Gasteiger partial charge in [-0.1, -0.05) is 12.1 Å². The summed E-state index contributed by atoms with van der Waals surface area (Å²) in [5, 5.41) is 36.5. The molecule has 0 bridgehead atoms. The summed E-state index contributed by atoms with van der Waals surface area (Å²) in [6, 6.07) is 10.5. The predicted molar refractivity (Wildman–Crippen MR) is 94.5 cm³/mol. The number of fused-ring (bicyclic) bond motifs is 1. The number of anilines is 1. The minimum absolute atomic E-state index is 0.00690. The van der Waals surface area contributed by atoms with E-state index in [1.54, 1.807) is 12.1 Å². The Labute approximate surface area is 144 Å². The van der Waals surface area contributed by atoms with E-state index in [9.17, 15) is 25.3 Å². The van der Waals surface area contributed by atoms with Gasteiger partial charge in [0.25, 0.3) is 5.69 Å². The van der Waals surface area contributed by atoms with Crippen molar-refractivity contribution in [3.63, 3.8) is 0 Å². The van der Waals surface area contributed by atoms with E-state index in [1.807, 2.05) is 12.1 Å². The molecule has 1 heterocycles. The average molecular weight is 358 g/mol. The van der Waals surface area contributed by atoms with Crippen LogP contribution in [0.2, 0.25) is 0 Å². The third-order valence-electron chi connectivity index (χ3n) is 3.35. The molecule has 2 N–H and O–H groups in total. The Morgan fingerprint density at radius 3 is 2.56 bits per heavy atom. The molecule has 2 aromatic carbocycles. The number of hydrogen-bond acceptors (Lipinski definition) is 8. The Kier molecular flexibility index (Phi) is 4.27.